The van der Waals surface area contributed by atoms with E-state index in [4.69, 9.17) is 0 Å². The van der Waals surface area contributed by atoms with Crippen molar-refractivity contribution in [1.29, 1.82) is 0 Å². The van der Waals surface area contributed by atoms with Crippen molar-refractivity contribution in [3.63, 3.8) is 0 Å². The highest BCUT2D eigenvalue weighted by atomic mass is 16.2. The van der Waals surface area contributed by atoms with Gasteiger partial charge in [-0.2, -0.15) is 0 Å². The third-order valence-corrected chi connectivity index (χ3v) is 4.59. The summed E-state index contributed by atoms with van der Waals surface area (Å²) in [6, 6.07) is 2.14. The van der Waals surface area contributed by atoms with Gasteiger partial charge in [-0.3, -0.25) is 14.5 Å². The summed E-state index contributed by atoms with van der Waals surface area (Å²) >= 11 is 0. The largest absolute Gasteiger partial charge is 0.359 e. The number of aromatic nitrogens is 2. The molecule has 2 heterocycles. The van der Waals surface area contributed by atoms with Gasteiger partial charge in [0.2, 0.25) is 11.8 Å². The summed E-state index contributed by atoms with van der Waals surface area (Å²) in [4.78, 5) is 36.6. The monoisotopic (exact) mass is 347 g/mol. The molecule has 1 aromatic rings. The number of carbonyl (C=O) groups excluding carboxylic acids is 2. The fraction of sp³-hybridized carbons (Fsp3) is 0.667. The average molecular weight is 347 g/mol. The number of aryl methyl sites for hydroxylation is 2. The zero-order valence-electron chi connectivity index (χ0n) is 15.7. The van der Waals surface area contributed by atoms with Gasteiger partial charge in [-0.25, -0.2) is 9.97 Å². The van der Waals surface area contributed by atoms with Gasteiger partial charge in [0.1, 0.15) is 5.82 Å². The number of likely N-dealkylation sites (tertiary alicyclic amines) is 1. The molecule has 2 rings (SSSR count). The van der Waals surface area contributed by atoms with Crippen molar-refractivity contribution in [3.8, 4) is 0 Å². The minimum Gasteiger partial charge on any atom is -0.359 e. The standard InChI is InChI=1S/C18H29N5O2/c1-13-20-14(8-9-17(24)19-2)11-15(21-13)16-7-5-6-10-23(16)12-18(25)22(3)4/h11,16H,5-10,12H2,1-4H3,(H,19,24)/t16-/m0/s1. The molecule has 7 nitrogen and oxygen atoms in total. The van der Waals surface area contributed by atoms with Gasteiger partial charge in [0.25, 0.3) is 0 Å². The Morgan fingerprint density at radius 3 is 2.76 bits per heavy atom. The minimum absolute atomic E-state index is 0.00804. The molecule has 0 radical (unpaired) electrons. The summed E-state index contributed by atoms with van der Waals surface area (Å²) in [7, 11) is 5.21. The highest BCUT2D eigenvalue weighted by molar-refractivity contribution is 5.77. The number of piperidine rings is 1. The van der Waals surface area contributed by atoms with Crippen LogP contribution in [0.25, 0.3) is 0 Å². The van der Waals surface area contributed by atoms with Gasteiger partial charge in [-0.15, -0.1) is 0 Å². The first kappa shape index (κ1) is 19.3. The third-order valence-electron chi connectivity index (χ3n) is 4.59. The zero-order valence-corrected chi connectivity index (χ0v) is 15.7. The molecule has 2 amide bonds. The summed E-state index contributed by atoms with van der Waals surface area (Å²) in [5.74, 6) is 0.833. The summed E-state index contributed by atoms with van der Waals surface area (Å²) in [5, 5.41) is 2.63. The molecule has 1 aliphatic rings. The molecule has 1 aliphatic heterocycles. The van der Waals surface area contributed by atoms with Gasteiger partial charge < -0.3 is 10.2 Å². The maximum Gasteiger partial charge on any atom is 0.236 e. The van der Waals surface area contributed by atoms with Crippen LogP contribution in [0.15, 0.2) is 6.07 Å². The van der Waals surface area contributed by atoms with E-state index in [1.807, 2.05) is 13.0 Å². The lowest BCUT2D eigenvalue weighted by Gasteiger charge is -2.35. The van der Waals surface area contributed by atoms with E-state index in [1.54, 1.807) is 26.0 Å². The van der Waals surface area contributed by atoms with Gasteiger partial charge in [0.05, 0.1) is 18.3 Å². The first-order valence-corrected chi connectivity index (χ1v) is 8.90. The molecule has 1 fully saturated rings. The Balaban J connectivity index is 2.17. The first-order valence-electron chi connectivity index (χ1n) is 8.90. The predicted molar refractivity (Wildman–Crippen MR) is 96.0 cm³/mol. The molecule has 0 aliphatic carbocycles. The molecule has 138 valence electrons. The van der Waals surface area contributed by atoms with Gasteiger partial charge in [-0.1, -0.05) is 6.42 Å². The number of nitrogens with one attached hydrogen (secondary N) is 1. The third kappa shape index (κ3) is 5.49. The van der Waals surface area contributed by atoms with Crippen LogP contribution >= 0.6 is 0 Å². The molecule has 7 heteroatoms. The van der Waals surface area contributed by atoms with E-state index in [2.05, 4.69) is 20.2 Å². The van der Waals surface area contributed by atoms with E-state index in [-0.39, 0.29) is 17.9 Å². The van der Waals surface area contributed by atoms with Crippen LogP contribution in [0.5, 0.6) is 0 Å². The second-order valence-corrected chi connectivity index (χ2v) is 6.77. The minimum atomic E-state index is 0.00804. The van der Waals surface area contributed by atoms with E-state index in [0.29, 0.717) is 25.2 Å². The van der Waals surface area contributed by atoms with Gasteiger partial charge in [0.15, 0.2) is 0 Å². The molecule has 1 N–H and O–H groups in total. The average Bonchev–Trinajstić information content (AvgIpc) is 2.59. The molecule has 0 spiro atoms. The summed E-state index contributed by atoms with van der Waals surface area (Å²) in [6.45, 7) is 3.19. The molecule has 0 unspecified atom stereocenters. The second kappa shape index (κ2) is 8.89. The van der Waals surface area contributed by atoms with Crippen LogP contribution in [-0.4, -0.2) is 65.8 Å². The summed E-state index contributed by atoms with van der Waals surface area (Å²) in [6.07, 6.45) is 4.24. The lowest BCUT2D eigenvalue weighted by molar-refractivity contribution is -0.131. The van der Waals surface area contributed by atoms with Crippen molar-refractivity contribution in [2.24, 2.45) is 0 Å². The van der Waals surface area contributed by atoms with Crippen LogP contribution in [0.3, 0.4) is 0 Å². The molecular weight excluding hydrogens is 318 g/mol. The lowest BCUT2D eigenvalue weighted by atomic mass is 9.98. The highest BCUT2D eigenvalue weighted by Gasteiger charge is 2.27. The van der Waals surface area contributed by atoms with Crippen LogP contribution in [0.4, 0.5) is 0 Å². The van der Waals surface area contributed by atoms with Crippen LogP contribution in [0, 0.1) is 6.92 Å². The number of likely N-dealkylation sites (N-methyl/N-ethyl adjacent to an activating group) is 1. The SMILES string of the molecule is CNC(=O)CCc1cc([C@@H]2CCCCN2CC(=O)N(C)C)nc(C)n1. The molecule has 25 heavy (non-hydrogen) atoms. The molecular formula is C18H29N5O2. The Morgan fingerprint density at radius 1 is 1.32 bits per heavy atom. The van der Waals surface area contributed by atoms with Gasteiger partial charge in [0, 0.05) is 33.3 Å². The molecule has 1 saturated heterocycles. The molecule has 1 aromatic heterocycles. The van der Waals surface area contributed by atoms with E-state index >= 15 is 0 Å². The smallest absolute Gasteiger partial charge is 0.236 e. The molecule has 0 aromatic carbocycles. The molecule has 0 saturated carbocycles. The van der Waals surface area contributed by atoms with Crippen molar-refractivity contribution in [1.82, 2.24) is 25.1 Å². The van der Waals surface area contributed by atoms with Crippen LogP contribution < -0.4 is 5.32 Å². The maximum absolute atomic E-state index is 12.1. The normalized spacial score (nSPS) is 18.0. The Bertz CT molecular complexity index is 617. The van der Waals surface area contributed by atoms with Crippen molar-refractivity contribution >= 4 is 11.8 Å². The van der Waals surface area contributed by atoms with Gasteiger partial charge >= 0.3 is 0 Å². The van der Waals surface area contributed by atoms with Crippen molar-refractivity contribution < 1.29 is 9.59 Å². The quantitative estimate of drug-likeness (QED) is 0.833. The van der Waals surface area contributed by atoms with Crippen LogP contribution in [0.1, 0.15) is 48.9 Å². The number of nitrogens with zero attached hydrogens (tertiary/aromatic N) is 4. The molecule has 0 bridgehead atoms. The Morgan fingerprint density at radius 2 is 2.08 bits per heavy atom. The number of hydrogen-bond donors (Lipinski definition) is 1. The summed E-state index contributed by atoms with van der Waals surface area (Å²) < 4.78 is 0. The van der Waals surface area contributed by atoms with Crippen molar-refractivity contribution in [2.45, 2.75) is 45.1 Å². The zero-order chi connectivity index (χ0) is 18.4. The summed E-state index contributed by atoms with van der Waals surface area (Å²) in [5.41, 5.74) is 1.85. The fourth-order valence-corrected chi connectivity index (χ4v) is 3.15. The van der Waals surface area contributed by atoms with Crippen molar-refractivity contribution in [3.05, 3.63) is 23.3 Å². The van der Waals surface area contributed by atoms with E-state index in [1.165, 1.54) is 0 Å². The highest BCUT2D eigenvalue weighted by Crippen LogP contribution is 2.30. The van der Waals surface area contributed by atoms with E-state index < -0.39 is 0 Å². The van der Waals surface area contributed by atoms with Gasteiger partial charge in [-0.05, 0) is 38.8 Å². The predicted octanol–water partition coefficient (Wildman–Crippen LogP) is 1.08. The number of rotatable bonds is 6. The van der Waals surface area contributed by atoms with Crippen LogP contribution in [0.2, 0.25) is 0 Å². The Labute approximate surface area is 149 Å². The molecule has 1 atom stereocenters. The number of carbonyl (C=O) groups is 2. The topological polar surface area (TPSA) is 78.4 Å². The van der Waals surface area contributed by atoms with Crippen molar-refractivity contribution in [2.75, 3.05) is 34.2 Å². The first-order chi connectivity index (χ1) is 11.9. The van der Waals surface area contributed by atoms with E-state index in [0.717, 1.165) is 37.2 Å². The Kier molecular flexibility index (Phi) is 6.87. The fourth-order valence-electron chi connectivity index (χ4n) is 3.15. The second-order valence-electron chi connectivity index (χ2n) is 6.77. The number of hydrogen-bond acceptors (Lipinski definition) is 5. The van der Waals surface area contributed by atoms with E-state index in [9.17, 15) is 9.59 Å². The Hall–Kier alpha value is -2.02. The maximum atomic E-state index is 12.1. The number of amides is 2. The van der Waals surface area contributed by atoms with Crippen LogP contribution in [-0.2, 0) is 16.0 Å². The lowest BCUT2D eigenvalue weighted by Crippen LogP contribution is -2.41.